The van der Waals surface area contributed by atoms with Crippen molar-refractivity contribution in [1.29, 1.82) is 0 Å². The quantitative estimate of drug-likeness (QED) is 0.630. The van der Waals surface area contributed by atoms with Crippen LogP contribution in [-0.2, 0) is 10.1 Å². The molecule has 1 aromatic heterocycles. The smallest absolute Gasteiger partial charge is 0.374 e. The van der Waals surface area contributed by atoms with Crippen LogP contribution in [0.1, 0.15) is 5.56 Å². The number of fused-ring (bicyclic) bond motifs is 1. The molecule has 19 heavy (non-hydrogen) atoms. The van der Waals surface area contributed by atoms with Crippen LogP contribution in [0.4, 0.5) is 13.2 Å². The minimum Gasteiger partial charge on any atom is -0.374 e. The number of halogens is 3. The number of aromatic nitrogens is 1. The maximum atomic E-state index is 12.2. The fourth-order valence-corrected chi connectivity index (χ4v) is 1.94. The Balaban J connectivity index is 2.53. The average molecular weight is 291 g/mol. The van der Waals surface area contributed by atoms with Gasteiger partial charge in [0.25, 0.3) is 0 Å². The number of para-hydroxylation sites is 1. The third kappa shape index (κ3) is 2.62. The first-order chi connectivity index (χ1) is 8.71. The highest BCUT2D eigenvalue weighted by Gasteiger charge is 2.48. The van der Waals surface area contributed by atoms with Gasteiger partial charge in [0, 0.05) is 11.6 Å². The van der Waals surface area contributed by atoms with Crippen molar-refractivity contribution in [1.82, 2.24) is 4.98 Å². The Morgan fingerprint density at radius 1 is 1.26 bits per heavy atom. The lowest BCUT2D eigenvalue weighted by Gasteiger charge is -2.10. The Labute approximate surface area is 107 Å². The maximum Gasteiger partial charge on any atom is 0.534 e. The first-order valence-corrected chi connectivity index (χ1v) is 6.48. The van der Waals surface area contributed by atoms with Crippen molar-refractivity contribution in [3.63, 3.8) is 0 Å². The minimum atomic E-state index is -5.69. The molecule has 0 aliphatic carbocycles. The molecule has 0 saturated carbocycles. The fraction of sp³-hybridized carbons (Fsp3) is 0.182. The number of hydrogen-bond donors (Lipinski definition) is 0. The second-order valence-corrected chi connectivity index (χ2v) is 5.36. The molecule has 1 heterocycles. The molecule has 2 aromatic rings. The van der Waals surface area contributed by atoms with Crippen molar-refractivity contribution >= 4 is 21.0 Å². The van der Waals surface area contributed by atoms with E-state index in [1.807, 2.05) is 0 Å². The van der Waals surface area contributed by atoms with E-state index in [2.05, 4.69) is 9.17 Å². The van der Waals surface area contributed by atoms with E-state index >= 15 is 0 Å². The molecule has 2 rings (SSSR count). The van der Waals surface area contributed by atoms with E-state index in [-0.39, 0.29) is 5.52 Å². The normalized spacial score (nSPS) is 12.6. The molecule has 0 atom stereocenters. The summed E-state index contributed by atoms with van der Waals surface area (Å²) >= 11 is 0. The highest BCUT2D eigenvalue weighted by atomic mass is 32.2. The third-order valence-corrected chi connectivity index (χ3v) is 3.26. The monoisotopic (exact) mass is 291 g/mol. The molecule has 8 heteroatoms. The van der Waals surface area contributed by atoms with Crippen LogP contribution in [0.3, 0.4) is 0 Å². The summed E-state index contributed by atoms with van der Waals surface area (Å²) in [4.78, 5) is 3.89. The molecule has 0 radical (unpaired) electrons. The maximum absolute atomic E-state index is 12.2. The molecule has 0 aliphatic heterocycles. The summed E-state index contributed by atoms with van der Waals surface area (Å²) in [7, 11) is -5.69. The Hall–Kier alpha value is -1.83. The lowest BCUT2D eigenvalue weighted by molar-refractivity contribution is -0.0499. The first-order valence-electron chi connectivity index (χ1n) is 5.07. The van der Waals surface area contributed by atoms with Gasteiger partial charge in [-0.1, -0.05) is 12.1 Å². The van der Waals surface area contributed by atoms with Crippen molar-refractivity contribution in [3.05, 3.63) is 36.0 Å². The van der Waals surface area contributed by atoms with Crippen molar-refractivity contribution in [3.8, 4) is 5.75 Å². The minimum absolute atomic E-state index is 0.0564. The average Bonchev–Trinajstić information content (AvgIpc) is 2.26. The van der Waals surface area contributed by atoms with Gasteiger partial charge in [-0.05, 0) is 24.6 Å². The Morgan fingerprint density at radius 2 is 1.95 bits per heavy atom. The van der Waals surface area contributed by atoms with E-state index in [9.17, 15) is 21.6 Å². The fourth-order valence-electron chi connectivity index (χ4n) is 1.48. The Bertz CT molecular complexity index is 726. The Kier molecular flexibility index (Phi) is 3.13. The molecule has 0 unspecified atom stereocenters. The van der Waals surface area contributed by atoms with Crippen molar-refractivity contribution in [2.45, 2.75) is 12.4 Å². The van der Waals surface area contributed by atoms with Crippen molar-refractivity contribution < 1.29 is 25.8 Å². The Morgan fingerprint density at radius 3 is 2.58 bits per heavy atom. The molecular formula is C11H8F3NO3S. The molecule has 102 valence electrons. The van der Waals surface area contributed by atoms with Gasteiger partial charge in [-0.3, -0.25) is 4.98 Å². The van der Waals surface area contributed by atoms with Crippen LogP contribution in [0, 0.1) is 6.92 Å². The van der Waals surface area contributed by atoms with Gasteiger partial charge in [0.15, 0.2) is 5.75 Å². The summed E-state index contributed by atoms with van der Waals surface area (Å²) in [6.45, 7) is 1.76. The van der Waals surface area contributed by atoms with Crippen LogP contribution in [0.25, 0.3) is 10.9 Å². The largest absolute Gasteiger partial charge is 0.534 e. The molecule has 0 saturated heterocycles. The predicted molar refractivity (Wildman–Crippen MR) is 62.1 cm³/mol. The first kappa shape index (κ1) is 13.6. The van der Waals surface area contributed by atoms with Crippen LogP contribution in [0.2, 0.25) is 0 Å². The van der Waals surface area contributed by atoms with E-state index in [1.165, 1.54) is 12.3 Å². The number of aryl methyl sites for hydroxylation is 1. The van der Waals surface area contributed by atoms with E-state index in [0.717, 1.165) is 11.6 Å². The van der Waals surface area contributed by atoms with Crippen LogP contribution < -0.4 is 4.18 Å². The van der Waals surface area contributed by atoms with Crippen LogP contribution in [0.5, 0.6) is 5.75 Å². The zero-order valence-corrected chi connectivity index (χ0v) is 10.4. The third-order valence-electron chi connectivity index (χ3n) is 2.29. The topological polar surface area (TPSA) is 56.3 Å². The van der Waals surface area contributed by atoms with Crippen molar-refractivity contribution in [2.75, 3.05) is 0 Å². The number of benzene rings is 1. The van der Waals surface area contributed by atoms with Gasteiger partial charge < -0.3 is 4.18 Å². The van der Waals surface area contributed by atoms with E-state index in [4.69, 9.17) is 0 Å². The summed E-state index contributed by atoms with van der Waals surface area (Å²) in [5.74, 6) is -0.449. The van der Waals surface area contributed by atoms with Gasteiger partial charge in [0.05, 0.1) is 0 Å². The lowest BCUT2D eigenvalue weighted by atomic mass is 10.2. The van der Waals surface area contributed by atoms with Crippen LogP contribution in [0.15, 0.2) is 30.5 Å². The van der Waals surface area contributed by atoms with E-state index < -0.39 is 21.4 Å². The molecule has 0 bridgehead atoms. The summed E-state index contributed by atoms with van der Waals surface area (Å²) in [6, 6.07) is 5.77. The summed E-state index contributed by atoms with van der Waals surface area (Å²) in [6.07, 6.45) is 1.41. The molecule has 1 aromatic carbocycles. The van der Waals surface area contributed by atoms with Gasteiger partial charge in [0.1, 0.15) is 5.52 Å². The van der Waals surface area contributed by atoms with Gasteiger partial charge in [-0.2, -0.15) is 21.6 Å². The summed E-state index contributed by atoms with van der Waals surface area (Å²) in [5, 5.41) is 0.495. The molecule has 0 amide bonds. The second-order valence-electron chi connectivity index (χ2n) is 3.82. The number of hydrogen-bond acceptors (Lipinski definition) is 4. The highest BCUT2D eigenvalue weighted by Crippen LogP contribution is 2.30. The van der Waals surface area contributed by atoms with Gasteiger partial charge in [0.2, 0.25) is 0 Å². The second kappa shape index (κ2) is 4.37. The van der Waals surface area contributed by atoms with Gasteiger partial charge in [-0.25, -0.2) is 0 Å². The number of pyridine rings is 1. The number of rotatable bonds is 2. The van der Waals surface area contributed by atoms with Gasteiger partial charge in [-0.15, -0.1) is 0 Å². The SMILES string of the molecule is Cc1cnc2c(OS(=O)(=O)C(F)(F)F)cccc2c1. The van der Waals surface area contributed by atoms with Crippen LogP contribution in [-0.4, -0.2) is 18.9 Å². The molecular weight excluding hydrogens is 283 g/mol. The van der Waals surface area contributed by atoms with Gasteiger partial charge >= 0.3 is 15.6 Å². The zero-order chi connectivity index (χ0) is 14.3. The number of nitrogens with zero attached hydrogens (tertiary/aromatic N) is 1. The molecule has 0 aliphatic rings. The molecule has 0 N–H and O–H groups in total. The summed E-state index contributed by atoms with van der Waals surface area (Å²) < 4.78 is 62.8. The van der Waals surface area contributed by atoms with E-state index in [0.29, 0.717) is 5.39 Å². The molecule has 4 nitrogen and oxygen atoms in total. The lowest BCUT2D eigenvalue weighted by Crippen LogP contribution is -2.28. The van der Waals surface area contributed by atoms with Crippen LogP contribution >= 0.6 is 0 Å². The molecule has 0 spiro atoms. The predicted octanol–water partition coefficient (Wildman–Crippen LogP) is 2.77. The standard InChI is InChI=1S/C11H8F3NO3S/c1-7-5-8-3-2-4-9(10(8)15-6-7)18-19(16,17)11(12,13)14/h2-6H,1H3. The van der Waals surface area contributed by atoms with E-state index in [1.54, 1.807) is 19.1 Å². The summed E-state index contributed by atoms with van der Waals surface area (Å²) in [5.41, 5.74) is -4.62. The van der Waals surface area contributed by atoms with Crippen molar-refractivity contribution in [2.24, 2.45) is 0 Å². The number of alkyl halides is 3. The molecule has 0 fully saturated rings. The zero-order valence-electron chi connectivity index (χ0n) is 9.60. The highest BCUT2D eigenvalue weighted by molar-refractivity contribution is 7.88.